The van der Waals surface area contributed by atoms with Gasteiger partial charge in [0.1, 0.15) is 0 Å². The molecular weight excluding hydrogens is 248 g/mol. The Kier molecular flexibility index (Phi) is 12.1. The molecule has 0 rings (SSSR count). The van der Waals surface area contributed by atoms with Gasteiger partial charge >= 0.3 is 0 Å². The average Bonchev–Trinajstić information content (AvgIpc) is 2.01. The Labute approximate surface area is 95.9 Å². The van der Waals surface area contributed by atoms with Crippen molar-refractivity contribution in [3.8, 4) is 0 Å². The number of nitrogens with two attached hydrogens (primary N) is 1. The first-order chi connectivity index (χ1) is 6.06. The molecule has 0 bridgehead atoms. The van der Waals surface area contributed by atoms with Crippen LogP contribution in [0.3, 0.4) is 0 Å². The van der Waals surface area contributed by atoms with Gasteiger partial charge < -0.3 is 11.1 Å². The van der Waals surface area contributed by atoms with Crippen LogP contribution in [0.5, 0.6) is 0 Å². The van der Waals surface area contributed by atoms with Crippen LogP contribution >= 0.6 is 12.4 Å². The Morgan fingerprint density at radius 1 is 1.43 bits per heavy atom. The van der Waals surface area contributed by atoms with Crippen LogP contribution in [-0.2, 0) is 24.4 Å². The highest BCUT2D eigenvalue weighted by atomic mass is 35.5. The fraction of sp³-hybridized carbons (Fsp3) is 1.00. The van der Waals surface area contributed by atoms with Crippen molar-refractivity contribution in [3.05, 3.63) is 0 Å². The lowest BCUT2D eigenvalue weighted by molar-refractivity contribution is 0.302. The Hall–Kier alpha value is 0.500. The van der Waals surface area contributed by atoms with Crippen LogP contribution in [0.15, 0.2) is 0 Å². The van der Waals surface area contributed by atoms with Crippen molar-refractivity contribution in [1.29, 1.82) is 0 Å². The van der Waals surface area contributed by atoms with E-state index in [4.69, 9.17) is 10.3 Å². The van der Waals surface area contributed by atoms with Gasteiger partial charge in [0.2, 0.25) is 0 Å². The summed E-state index contributed by atoms with van der Waals surface area (Å²) in [6.07, 6.45) is 1.98. The minimum atomic E-state index is -3.45. The van der Waals surface area contributed by atoms with Gasteiger partial charge in [-0.05, 0) is 25.9 Å². The topological polar surface area (TPSA) is 84.6 Å². The molecule has 0 aromatic heterocycles. The minimum absolute atomic E-state index is 0. The van der Waals surface area contributed by atoms with E-state index in [-0.39, 0.29) is 19.0 Å². The molecule has 0 aromatic carbocycles. The molecule has 0 aromatic rings. The molecule has 0 amide bonds. The second-order valence-electron chi connectivity index (χ2n) is 2.50. The molecule has 1 unspecified atom stereocenters. The molecule has 1 atom stereocenters. The number of hydrogen-bond donors (Lipinski definition) is 3. The Morgan fingerprint density at radius 3 is 2.57 bits per heavy atom. The van der Waals surface area contributed by atoms with Gasteiger partial charge in [-0.25, -0.2) is 0 Å². The summed E-state index contributed by atoms with van der Waals surface area (Å²) >= 11 is 4.12. The highest BCUT2D eigenvalue weighted by Crippen LogP contribution is 1.86. The number of halogens is 1. The standard InChI is InChI=1S/C6H16N2O3S2.ClH/c7-3-1-2-4-8-5-6-11-13(9,10)12;/h8H,1-7H2,(H,9,10,12);1H. The average molecular weight is 265 g/mol. The quantitative estimate of drug-likeness (QED) is 0.531. The smallest absolute Gasteiger partial charge is 0.266 e. The number of nitrogens with one attached hydrogen (secondary N) is 1. The maximum atomic E-state index is 10.4. The summed E-state index contributed by atoms with van der Waals surface area (Å²) in [4.78, 5) is 0. The van der Waals surface area contributed by atoms with Gasteiger partial charge in [0, 0.05) is 17.7 Å². The van der Waals surface area contributed by atoms with Crippen LogP contribution in [0.1, 0.15) is 12.8 Å². The van der Waals surface area contributed by atoms with E-state index in [0.717, 1.165) is 19.4 Å². The zero-order valence-electron chi connectivity index (χ0n) is 7.81. The maximum Gasteiger partial charge on any atom is 0.266 e. The van der Waals surface area contributed by atoms with Crippen LogP contribution in [-0.4, -0.2) is 35.0 Å². The third-order valence-corrected chi connectivity index (χ3v) is 2.07. The third-order valence-electron chi connectivity index (χ3n) is 1.32. The van der Waals surface area contributed by atoms with E-state index >= 15 is 0 Å². The number of hydrogen-bond acceptors (Lipinski definition) is 5. The third kappa shape index (κ3) is 15.0. The zero-order valence-corrected chi connectivity index (χ0v) is 10.3. The number of unbranched alkanes of at least 4 members (excludes halogenated alkanes) is 1. The van der Waals surface area contributed by atoms with Crippen molar-refractivity contribution in [3.63, 3.8) is 0 Å². The van der Waals surface area contributed by atoms with Gasteiger partial charge in [0.05, 0.1) is 6.61 Å². The summed E-state index contributed by atoms with van der Waals surface area (Å²) in [6, 6.07) is 0. The maximum absolute atomic E-state index is 10.4. The lowest BCUT2D eigenvalue weighted by Crippen LogP contribution is -2.22. The Morgan fingerprint density at radius 2 is 2.07 bits per heavy atom. The summed E-state index contributed by atoms with van der Waals surface area (Å²) < 4.78 is 23.4. The lowest BCUT2D eigenvalue weighted by atomic mass is 10.3. The molecule has 4 N–H and O–H groups in total. The van der Waals surface area contributed by atoms with E-state index in [1.165, 1.54) is 0 Å². The van der Waals surface area contributed by atoms with Crippen LogP contribution in [0.2, 0.25) is 0 Å². The van der Waals surface area contributed by atoms with E-state index < -0.39 is 9.05 Å². The fourth-order valence-electron chi connectivity index (χ4n) is 0.738. The fourth-order valence-corrected chi connectivity index (χ4v) is 1.24. The zero-order chi connectivity index (χ0) is 10.2. The van der Waals surface area contributed by atoms with E-state index in [2.05, 4.69) is 20.7 Å². The number of rotatable bonds is 8. The summed E-state index contributed by atoms with van der Waals surface area (Å²) in [5.41, 5.74) is 5.29. The van der Waals surface area contributed by atoms with Crippen LogP contribution in [0.4, 0.5) is 0 Å². The molecule has 0 fully saturated rings. The van der Waals surface area contributed by atoms with Gasteiger partial charge in [0.25, 0.3) is 9.05 Å². The Bertz CT molecular complexity index is 211. The molecule has 8 heteroatoms. The van der Waals surface area contributed by atoms with Crippen molar-refractivity contribution < 1.29 is 12.9 Å². The highest BCUT2D eigenvalue weighted by Gasteiger charge is 1.97. The van der Waals surface area contributed by atoms with Gasteiger partial charge in [0.15, 0.2) is 0 Å². The normalized spacial score (nSPS) is 14.4. The second-order valence-corrected chi connectivity index (χ2v) is 4.85. The van der Waals surface area contributed by atoms with Gasteiger partial charge in [-0.2, -0.15) is 4.21 Å². The van der Waals surface area contributed by atoms with E-state index in [9.17, 15) is 4.21 Å². The van der Waals surface area contributed by atoms with E-state index in [1.807, 2.05) is 0 Å². The monoisotopic (exact) mass is 264 g/mol. The van der Waals surface area contributed by atoms with E-state index in [1.54, 1.807) is 0 Å². The molecule has 88 valence electrons. The molecule has 0 aliphatic rings. The first-order valence-electron chi connectivity index (χ1n) is 4.09. The van der Waals surface area contributed by atoms with E-state index in [0.29, 0.717) is 13.1 Å². The second kappa shape index (κ2) is 10.0. The lowest BCUT2D eigenvalue weighted by Gasteiger charge is -2.03. The van der Waals surface area contributed by atoms with Crippen LogP contribution < -0.4 is 11.1 Å². The molecule has 5 nitrogen and oxygen atoms in total. The molecule has 0 radical (unpaired) electrons. The summed E-state index contributed by atoms with van der Waals surface area (Å²) in [7, 11) is -3.45. The molecule has 0 saturated carbocycles. The first-order valence-corrected chi connectivity index (χ1v) is 6.45. The van der Waals surface area contributed by atoms with Gasteiger partial charge in [-0.3, -0.25) is 8.74 Å². The predicted molar refractivity (Wildman–Crippen MR) is 62.5 cm³/mol. The largest absolute Gasteiger partial charge is 0.330 e. The van der Waals surface area contributed by atoms with Gasteiger partial charge in [-0.1, -0.05) is 0 Å². The highest BCUT2D eigenvalue weighted by molar-refractivity contribution is 8.27. The minimum Gasteiger partial charge on any atom is -0.330 e. The molecule has 0 aliphatic heterocycles. The van der Waals surface area contributed by atoms with Crippen molar-refractivity contribution >= 4 is 32.6 Å². The van der Waals surface area contributed by atoms with Crippen LogP contribution in [0, 0.1) is 0 Å². The van der Waals surface area contributed by atoms with Gasteiger partial charge in [-0.15, -0.1) is 12.4 Å². The SMILES string of the molecule is Cl.NCCCCNCCOS(=O)(O)=S. The first kappa shape index (κ1) is 16.9. The van der Waals surface area contributed by atoms with Crippen molar-refractivity contribution in [2.75, 3.05) is 26.2 Å². The molecule has 14 heavy (non-hydrogen) atoms. The molecule has 0 aliphatic carbocycles. The van der Waals surface area contributed by atoms with Crippen molar-refractivity contribution in [2.24, 2.45) is 5.73 Å². The molecule has 0 spiro atoms. The predicted octanol–water partition coefficient (Wildman–Crippen LogP) is -0.112. The van der Waals surface area contributed by atoms with Crippen molar-refractivity contribution in [2.45, 2.75) is 12.8 Å². The van der Waals surface area contributed by atoms with Crippen molar-refractivity contribution in [1.82, 2.24) is 5.32 Å². The molecule has 0 heterocycles. The Balaban J connectivity index is 0. The summed E-state index contributed by atoms with van der Waals surface area (Å²) in [5, 5.41) is 3.03. The molecular formula is C6H17ClN2O3S2. The summed E-state index contributed by atoms with van der Waals surface area (Å²) in [6.45, 7) is 2.21. The van der Waals surface area contributed by atoms with Crippen LogP contribution in [0.25, 0.3) is 0 Å². The molecule has 0 saturated heterocycles. The summed E-state index contributed by atoms with van der Waals surface area (Å²) in [5.74, 6) is 0.